The zero-order valence-corrected chi connectivity index (χ0v) is 7.58. The first-order valence-corrected chi connectivity index (χ1v) is 0. The van der Waals surface area contributed by atoms with Crippen LogP contribution in [-0.4, -0.2) is 17.4 Å². The summed E-state index contributed by atoms with van der Waals surface area (Å²) in [6.45, 7) is 0. The molecule has 0 nitrogen and oxygen atoms in total. The van der Waals surface area contributed by atoms with E-state index in [2.05, 4.69) is 0 Å². The van der Waals surface area contributed by atoms with Gasteiger partial charge in [0.05, 0.1) is 0 Å². The van der Waals surface area contributed by atoms with E-state index in [0.29, 0.717) is 0 Å². The van der Waals surface area contributed by atoms with Gasteiger partial charge in [0.25, 0.3) is 0 Å². The Bertz CT molecular complexity index is 11.6. The zero-order valence-electron chi connectivity index (χ0n) is 1.44. The summed E-state index contributed by atoms with van der Waals surface area (Å²) in [6.07, 6.45) is 0. The zero-order chi connectivity index (χ0) is 0. The summed E-state index contributed by atoms with van der Waals surface area (Å²) >= 11 is 0. The molecule has 2 radical (unpaired) electrons. The molecule has 0 bridgehead atoms. The van der Waals surface area contributed by atoms with Crippen LogP contribution in [0.3, 0.4) is 0 Å². The SMILES string of the molecule is [AlH3].[Co].[Mn].[Ni].[W]. The predicted molar refractivity (Wildman–Crippen MR) is 9.94 cm³/mol. The fraction of sp³-hybridized carbons (Fsp3) is 0. The van der Waals surface area contributed by atoms with E-state index in [4.69, 9.17) is 0 Å². The first kappa shape index (κ1) is 46.8. The van der Waals surface area contributed by atoms with Crippen LogP contribution in [0, 0.1) is 0 Å². The molecular weight excluding hydrogens is 383 g/mol. The van der Waals surface area contributed by atoms with Crippen molar-refractivity contribution in [3.8, 4) is 0 Å². The Morgan fingerprint density at radius 1 is 1.00 bits per heavy atom. The second kappa shape index (κ2) is 29.6. The van der Waals surface area contributed by atoms with Crippen LogP contribution in [-0.2, 0) is 71.4 Å². The second-order valence-corrected chi connectivity index (χ2v) is 0. The Labute approximate surface area is 87.6 Å². The van der Waals surface area contributed by atoms with Crippen molar-refractivity contribution in [3.63, 3.8) is 0 Å². The molecule has 0 atom stereocenters. The van der Waals surface area contributed by atoms with Gasteiger partial charge < -0.3 is 0 Å². The molecule has 5 heavy (non-hydrogen) atoms. The molecule has 0 aliphatic carbocycles. The van der Waals surface area contributed by atoms with Crippen LogP contribution in [0.2, 0.25) is 0 Å². The van der Waals surface area contributed by atoms with Gasteiger partial charge in [0.1, 0.15) is 0 Å². The molecular formula is H3AlCoMnNiW. The molecule has 0 aliphatic heterocycles. The standard InChI is InChI=1S/Al.Co.Mn.Ni.W.3H. The van der Waals surface area contributed by atoms with Gasteiger partial charge in [-0.05, 0) is 0 Å². The average Bonchev–Trinajstić information content (AvgIpc) is 0. The molecule has 0 N–H and O–H groups in total. The van der Waals surface area contributed by atoms with Gasteiger partial charge in [0, 0.05) is 71.4 Å². The first-order valence-electron chi connectivity index (χ1n) is 0. The van der Waals surface area contributed by atoms with E-state index in [1.54, 1.807) is 0 Å². The van der Waals surface area contributed by atoms with Crippen molar-refractivity contribution in [2.75, 3.05) is 0 Å². The van der Waals surface area contributed by atoms with Crippen LogP contribution in [0.4, 0.5) is 0 Å². The molecule has 0 amide bonds. The first-order chi connectivity index (χ1) is 0. The predicted octanol–water partition coefficient (Wildman–Crippen LogP) is -1.19. The molecule has 0 fully saturated rings. The Kier molecular flexibility index (Phi) is 277. The van der Waals surface area contributed by atoms with E-state index in [9.17, 15) is 0 Å². The van der Waals surface area contributed by atoms with E-state index >= 15 is 0 Å². The van der Waals surface area contributed by atoms with Crippen LogP contribution in [0.25, 0.3) is 0 Å². The summed E-state index contributed by atoms with van der Waals surface area (Å²) in [5.41, 5.74) is 0. The van der Waals surface area contributed by atoms with Crippen LogP contribution in [0.15, 0.2) is 0 Å². The Morgan fingerprint density at radius 2 is 1.00 bits per heavy atom. The fourth-order valence-electron chi connectivity index (χ4n) is 0. The minimum atomic E-state index is 0. The maximum atomic E-state index is 0. The molecule has 0 rings (SSSR count). The van der Waals surface area contributed by atoms with Gasteiger partial charge in [-0.3, -0.25) is 0 Å². The fourth-order valence-corrected chi connectivity index (χ4v) is 0. The minimum Gasteiger partial charge on any atom is 0 e. The van der Waals surface area contributed by atoms with Gasteiger partial charge in [-0.2, -0.15) is 0 Å². The van der Waals surface area contributed by atoms with Crippen LogP contribution in [0.5, 0.6) is 0 Å². The summed E-state index contributed by atoms with van der Waals surface area (Å²) in [5.74, 6) is 0. The Morgan fingerprint density at radius 3 is 1.00 bits per heavy atom. The normalized spacial score (nSPS) is 0. The monoisotopic (exact) mass is 386 g/mol. The molecule has 0 aliphatic rings. The van der Waals surface area contributed by atoms with Crippen molar-refractivity contribution in [3.05, 3.63) is 0 Å². The third kappa shape index (κ3) is 20.2. The average molecular weight is 386 g/mol. The third-order valence-electron chi connectivity index (χ3n) is 0. The summed E-state index contributed by atoms with van der Waals surface area (Å²) in [5, 5.41) is 0. The van der Waals surface area contributed by atoms with Crippen LogP contribution >= 0.6 is 0 Å². The third-order valence-corrected chi connectivity index (χ3v) is 0. The maximum absolute atomic E-state index is 0. The molecule has 0 saturated heterocycles. The summed E-state index contributed by atoms with van der Waals surface area (Å²) in [7, 11) is 0. The molecule has 38 valence electrons. The van der Waals surface area contributed by atoms with Crippen molar-refractivity contribution in [1.29, 1.82) is 0 Å². The van der Waals surface area contributed by atoms with Crippen LogP contribution < -0.4 is 0 Å². The minimum absolute atomic E-state index is 0. The molecule has 5 heteroatoms. The molecule has 0 aromatic heterocycles. The van der Waals surface area contributed by atoms with E-state index < -0.39 is 0 Å². The van der Waals surface area contributed by atoms with Gasteiger partial charge in [-0.15, -0.1) is 0 Å². The van der Waals surface area contributed by atoms with Crippen molar-refractivity contribution in [2.45, 2.75) is 0 Å². The number of rotatable bonds is 0. The van der Waals surface area contributed by atoms with Crippen molar-refractivity contribution < 1.29 is 71.4 Å². The van der Waals surface area contributed by atoms with Gasteiger partial charge in [-0.25, -0.2) is 0 Å². The number of hydrogen-bond donors (Lipinski definition) is 0. The summed E-state index contributed by atoms with van der Waals surface area (Å²) in [6, 6.07) is 0. The molecule has 0 aromatic rings. The molecule has 0 unspecified atom stereocenters. The van der Waals surface area contributed by atoms with E-state index in [-0.39, 0.29) is 88.8 Å². The largest absolute Gasteiger partial charge is 0.187 e. The Hall–Kier alpha value is 2.74. The quantitative estimate of drug-likeness (QED) is 0.460. The van der Waals surface area contributed by atoms with Crippen molar-refractivity contribution >= 4 is 17.4 Å². The summed E-state index contributed by atoms with van der Waals surface area (Å²) in [4.78, 5) is 0. The van der Waals surface area contributed by atoms with E-state index in [0.717, 1.165) is 0 Å². The smallest absolute Gasteiger partial charge is 0 e. The van der Waals surface area contributed by atoms with E-state index in [1.165, 1.54) is 0 Å². The van der Waals surface area contributed by atoms with Crippen LogP contribution in [0.1, 0.15) is 0 Å². The molecule has 0 saturated carbocycles. The van der Waals surface area contributed by atoms with Gasteiger partial charge in [0.2, 0.25) is 0 Å². The Balaban J connectivity index is 0. The molecule has 0 spiro atoms. The van der Waals surface area contributed by atoms with Gasteiger partial charge >= 0.3 is 0 Å². The second-order valence-electron chi connectivity index (χ2n) is 0. The van der Waals surface area contributed by atoms with Gasteiger partial charge in [0.15, 0.2) is 17.4 Å². The van der Waals surface area contributed by atoms with Crippen molar-refractivity contribution in [1.82, 2.24) is 0 Å². The topological polar surface area (TPSA) is 0 Å². The maximum Gasteiger partial charge on any atom is 0.187 e. The number of hydrogen-bond acceptors (Lipinski definition) is 0. The molecule has 0 heterocycles. The van der Waals surface area contributed by atoms with Crippen molar-refractivity contribution in [2.24, 2.45) is 0 Å². The summed E-state index contributed by atoms with van der Waals surface area (Å²) < 4.78 is 0. The van der Waals surface area contributed by atoms with Gasteiger partial charge in [-0.1, -0.05) is 0 Å². The molecule has 0 aromatic carbocycles. The van der Waals surface area contributed by atoms with E-state index in [1.807, 2.05) is 0 Å².